The molecule has 23 heavy (non-hydrogen) atoms. The van der Waals surface area contributed by atoms with Crippen molar-refractivity contribution in [1.82, 2.24) is 0 Å². The number of benzene rings is 1. The Labute approximate surface area is 140 Å². The van der Waals surface area contributed by atoms with Gasteiger partial charge in [-0.05, 0) is 50.9 Å². The summed E-state index contributed by atoms with van der Waals surface area (Å²) in [5.41, 5.74) is -0.100. The van der Waals surface area contributed by atoms with Crippen LogP contribution in [-0.4, -0.2) is 24.1 Å². The molecule has 0 aliphatic carbocycles. The molecule has 1 fully saturated rings. The van der Waals surface area contributed by atoms with Gasteiger partial charge in [0.25, 0.3) is 0 Å². The molecule has 1 aromatic rings. The van der Waals surface area contributed by atoms with E-state index < -0.39 is 30.0 Å². The van der Waals surface area contributed by atoms with Gasteiger partial charge in [0.2, 0.25) is 0 Å². The van der Waals surface area contributed by atoms with E-state index in [1.807, 2.05) is 33.8 Å². The van der Waals surface area contributed by atoms with Crippen molar-refractivity contribution in [3.05, 3.63) is 40.4 Å². The summed E-state index contributed by atoms with van der Waals surface area (Å²) in [6.07, 6.45) is 1.57. The lowest BCUT2D eigenvalue weighted by atomic mass is 9.78. The van der Waals surface area contributed by atoms with Crippen molar-refractivity contribution in [2.24, 2.45) is 0 Å². The second kappa shape index (κ2) is 6.27. The highest BCUT2D eigenvalue weighted by molar-refractivity contribution is 7.80. The minimum atomic E-state index is -1.05. The van der Waals surface area contributed by atoms with E-state index in [9.17, 15) is 8.78 Å². The molecule has 0 N–H and O–H groups in total. The molecule has 1 saturated heterocycles. The van der Waals surface area contributed by atoms with Gasteiger partial charge in [0.05, 0.1) is 22.8 Å². The molecule has 1 heterocycles. The Morgan fingerprint density at radius 3 is 2.22 bits per heavy atom. The van der Waals surface area contributed by atoms with Crippen LogP contribution in [0.15, 0.2) is 17.6 Å². The highest BCUT2D eigenvalue weighted by atomic mass is 32.1. The minimum absolute atomic E-state index is 0.0414. The molecule has 122 valence electrons. The fourth-order valence-corrected chi connectivity index (χ4v) is 2.40. The second-order valence-electron chi connectivity index (χ2n) is 6.43. The second-order valence-corrected chi connectivity index (χ2v) is 6.75. The maximum Gasteiger partial charge on any atom is 0.491 e. The number of halogens is 2. The zero-order chi connectivity index (χ0) is 17.4. The zero-order valence-corrected chi connectivity index (χ0v) is 14.4. The minimum Gasteiger partial charge on any atom is -0.400 e. The summed E-state index contributed by atoms with van der Waals surface area (Å²) in [5, 5.41) is 9.10. The van der Waals surface area contributed by atoms with Crippen LogP contribution in [0.5, 0.6) is 0 Å². The SMILES string of the molecule is CC1(C)OB(C(=Cc2cc(F)c(F)cc2C#N)CS)OC1(C)C. The van der Waals surface area contributed by atoms with E-state index in [2.05, 4.69) is 12.6 Å². The van der Waals surface area contributed by atoms with Crippen molar-refractivity contribution in [3.63, 3.8) is 0 Å². The third-order valence-corrected chi connectivity index (χ3v) is 4.66. The van der Waals surface area contributed by atoms with Crippen LogP contribution in [0.4, 0.5) is 8.78 Å². The van der Waals surface area contributed by atoms with Crippen molar-refractivity contribution < 1.29 is 18.1 Å². The van der Waals surface area contributed by atoms with Gasteiger partial charge in [-0.2, -0.15) is 17.9 Å². The van der Waals surface area contributed by atoms with Crippen LogP contribution < -0.4 is 0 Å². The Hall–Kier alpha value is -1.36. The highest BCUT2D eigenvalue weighted by Gasteiger charge is 2.52. The lowest BCUT2D eigenvalue weighted by Gasteiger charge is -2.32. The molecule has 2 rings (SSSR count). The summed E-state index contributed by atoms with van der Waals surface area (Å²) >= 11 is 4.27. The first-order valence-electron chi connectivity index (χ1n) is 7.17. The number of thiol groups is 1. The lowest BCUT2D eigenvalue weighted by Crippen LogP contribution is -2.41. The van der Waals surface area contributed by atoms with Crippen molar-refractivity contribution in [2.45, 2.75) is 38.9 Å². The highest BCUT2D eigenvalue weighted by Crippen LogP contribution is 2.39. The molecule has 7 heteroatoms. The number of nitrogens with zero attached hydrogens (tertiary/aromatic N) is 1. The van der Waals surface area contributed by atoms with E-state index in [4.69, 9.17) is 14.6 Å². The van der Waals surface area contributed by atoms with Gasteiger partial charge >= 0.3 is 7.12 Å². The first kappa shape index (κ1) is 18.0. The topological polar surface area (TPSA) is 42.2 Å². The Morgan fingerprint density at radius 2 is 1.74 bits per heavy atom. The molecule has 0 bridgehead atoms. The molecule has 1 aliphatic rings. The van der Waals surface area contributed by atoms with E-state index in [1.165, 1.54) is 0 Å². The van der Waals surface area contributed by atoms with Crippen molar-refractivity contribution in [2.75, 3.05) is 5.75 Å². The fraction of sp³-hybridized carbons (Fsp3) is 0.438. The van der Waals surface area contributed by atoms with Gasteiger partial charge in [-0.3, -0.25) is 0 Å². The third kappa shape index (κ3) is 3.44. The summed E-state index contributed by atoms with van der Waals surface area (Å²) in [7, 11) is -0.655. The zero-order valence-electron chi connectivity index (χ0n) is 13.5. The smallest absolute Gasteiger partial charge is 0.400 e. The monoisotopic (exact) mass is 337 g/mol. The van der Waals surface area contributed by atoms with E-state index in [0.29, 0.717) is 11.2 Å². The number of hydrogen-bond donors (Lipinski definition) is 1. The third-order valence-electron chi connectivity index (χ3n) is 4.29. The van der Waals surface area contributed by atoms with Crippen LogP contribution in [0, 0.1) is 23.0 Å². The van der Waals surface area contributed by atoms with Crippen LogP contribution in [0.25, 0.3) is 6.08 Å². The lowest BCUT2D eigenvalue weighted by molar-refractivity contribution is 0.00578. The van der Waals surface area contributed by atoms with Gasteiger partial charge in [-0.15, -0.1) is 0 Å². The maximum absolute atomic E-state index is 13.5. The predicted octanol–water partition coefficient (Wildman–Crippen LogP) is 3.78. The molecule has 1 aromatic carbocycles. The van der Waals surface area contributed by atoms with Gasteiger partial charge in [0.15, 0.2) is 11.6 Å². The summed E-state index contributed by atoms with van der Waals surface area (Å²) in [5.74, 6) is -1.77. The first-order valence-corrected chi connectivity index (χ1v) is 7.80. The summed E-state index contributed by atoms with van der Waals surface area (Å²) in [6, 6.07) is 3.72. The molecule has 1 aliphatic heterocycles. The normalized spacial score (nSPS) is 19.7. The van der Waals surface area contributed by atoms with E-state index in [0.717, 1.165) is 12.1 Å². The predicted molar refractivity (Wildman–Crippen MR) is 89.0 cm³/mol. The average Bonchev–Trinajstić information content (AvgIpc) is 2.67. The van der Waals surface area contributed by atoms with Crippen molar-refractivity contribution in [1.29, 1.82) is 5.26 Å². The first-order chi connectivity index (χ1) is 10.6. The van der Waals surface area contributed by atoms with Gasteiger partial charge in [-0.25, -0.2) is 8.78 Å². The Balaban J connectivity index is 2.42. The molecule has 0 unspecified atom stereocenters. The van der Waals surface area contributed by atoms with Crippen molar-refractivity contribution in [3.8, 4) is 6.07 Å². The molecule has 0 aromatic heterocycles. The van der Waals surface area contributed by atoms with Gasteiger partial charge in [0, 0.05) is 5.75 Å². The van der Waals surface area contributed by atoms with Crippen LogP contribution in [0.3, 0.4) is 0 Å². The van der Waals surface area contributed by atoms with Crippen LogP contribution in [0.2, 0.25) is 0 Å². The number of hydrogen-bond acceptors (Lipinski definition) is 4. The average molecular weight is 337 g/mol. The van der Waals surface area contributed by atoms with Crippen LogP contribution in [0.1, 0.15) is 38.8 Å². The summed E-state index contributed by atoms with van der Waals surface area (Å²) in [6.45, 7) is 7.67. The van der Waals surface area contributed by atoms with Gasteiger partial charge in [-0.1, -0.05) is 6.08 Å². The van der Waals surface area contributed by atoms with E-state index in [1.54, 1.807) is 6.08 Å². The van der Waals surface area contributed by atoms with Gasteiger partial charge in [0.1, 0.15) is 0 Å². The Bertz CT molecular complexity index is 682. The molecule has 3 nitrogen and oxygen atoms in total. The number of rotatable bonds is 3. The molecule has 0 amide bonds. The summed E-state index contributed by atoms with van der Waals surface area (Å²) in [4.78, 5) is 0. The Kier molecular flexibility index (Phi) is 4.90. The van der Waals surface area contributed by atoms with E-state index >= 15 is 0 Å². The van der Waals surface area contributed by atoms with Crippen LogP contribution >= 0.6 is 12.6 Å². The fourth-order valence-electron chi connectivity index (χ4n) is 2.16. The molecule has 0 saturated carbocycles. The standard InChI is InChI=1S/C16H18BF2NO2S/c1-15(2)16(3,4)22-17(21-15)12(9-23)5-10-6-13(18)14(19)7-11(10)8-20/h5-7,23H,9H2,1-4H3. The van der Waals surface area contributed by atoms with E-state index in [-0.39, 0.29) is 11.1 Å². The maximum atomic E-state index is 13.5. The summed E-state index contributed by atoms with van der Waals surface area (Å²) < 4.78 is 38.6. The molecular formula is C16H18BF2NO2S. The van der Waals surface area contributed by atoms with Crippen molar-refractivity contribution >= 4 is 25.8 Å². The molecular weight excluding hydrogens is 319 g/mol. The quantitative estimate of drug-likeness (QED) is 0.674. The molecule has 0 atom stereocenters. The largest absolute Gasteiger partial charge is 0.491 e. The molecule has 0 spiro atoms. The molecule has 0 radical (unpaired) electrons. The van der Waals surface area contributed by atoms with Gasteiger partial charge < -0.3 is 9.31 Å². The number of nitriles is 1. The Morgan fingerprint density at radius 1 is 1.22 bits per heavy atom. The van der Waals surface area contributed by atoms with Crippen LogP contribution in [-0.2, 0) is 9.31 Å².